The fraction of sp³-hybridized carbons (Fsp3) is 0.286. The molecule has 44 heavy (non-hydrogen) atoms. The predicted molar refractivity (Wildman–Crippen MR) is 181 cm³/mol. The summed E-state index contributed by atoms with van der Waals surface area (Å²) in [7, 11) is 4.02. The first-order valence-electron chi connectivity index (χ1n) is 15.1. The standard InChI is InChI=1S/C33H37FN8.C2H6/c1-6-8-28(23-12-26(34)15-27(13-23)37-9-10-42(4)5)29-16-31(39-21(29)3)32-30-14-25(20-38-33(30)41-40-32)24-11-22(17-35-7-2)18-36-19-24;1-2/h6,8,11-16,18-20,35,37,39H,1,7,9-10,17H2,2-5H3,(H,38,40,41);1-2H3/b28-8-;. The maximum Gasteiger partial charge on any atom is 0.181 e. The molecule has 0 aliphatic carbocycles. The van der Waals surface area contributed by atoms with Crippen LogP contribution in [-0.2, 0) is 6.54 Å². The van der Waals surface area contributed by atoms with Crippen LogP contribution in [0.15, 0.2) is 73.7 Å². The topological polar surface area (TPSA) is 97.6 Å². The normalized spacial score (nSPS) is 11.5. The smallest absolute Gasteiger partial charge is 0.181 e. The van der Waals surface area contributed by atoms with E-state index >= 15 is 0 Å². The highest BCUT2D eigenvalue weighted by Crippen LogP contribution is 2.34. The van der Waals surface area contributed by atoms with Gasteiger partial charge in [-0.2, -0.15) is 5.10 Å². The van der Waals surface area contributed by atoms with Gasteiger partial charge in [-0.1, -0.05) is 39.5 Å². The molecule has 0 fully saturated rings. The molecule has 4 N–H and O–H groups in total. The molecule has 0 atom stereocenters. The van der Waals surface area contributed by atoms with Crippen molar-refractivity contribution < 1.29 is 4.39 Å². The summed E-state index contributed by atoms with van der Waals surface area (Å²) in [4.78, 5) is 14.6. The molecule has 5 rings (SSSR count). The zero-order valence-electron chi connectivity index (χ0n) is 26.6. The summed E-state index contributed by atoms with van der Waals surface area (Å²) >= 11 is 0. The molecule has 0 saturated heterocycles. The van der Waals surface area contributed by atoms with Crippen LogP contribution in [0.3, 0.4) is 0 Å². The number of aromatic amines is 2. The van der Waals surface area contributed by atoms with Gasteiger partial charge in [-0.3, -0.25) is 10.1 Å². The summed E-state index contributed by atoms with van der Waals surface area (Å²) < 4.78 is 14.8. The van der Waals surface area contributed by atoms with E-state index in [1.165, 1.54) is 6.07 Å². The van der Waals surface area contributed by atoms with Crippen molar-refractivity contribution in [3.8, 4) is 22.5 Å². The van der Waals surface area contributed by atoms with Gasteiger partial charge in [0.15, 0.2) is 5.65 Å². The minimum Gasteiger partial charge on any atom is -0.384 e. The van der Waals surface area contributed by atoms with E-state index in [4.69, 9.17) is 0 Å². The van der Waals surface area contributed by atoms with Gasteiger partial charge >= 0.3 is 0 Å². The number of fused-ring (bicyclic) bond motifs is 1. The highest BCUT2D eigenvalue weighted by molar-refractivity contribution is 5.94. The number of aromatic nitrogens is 5. The molecule has 230 valence electrons. The number of hydrogen-bond acceptors (Lipinski definition) is 6. The van der Waals surface area contributed by atoms with Gasteiger partial charge in [0.1, 0.15) is 5.82 Å². The molecular formula is C35H43FN8. The number of benzene rings is 1. The molecule has 4 heterocycles. The van der Waals surface area contributed by atoms with Crippen molar-refractivity contribution in [2.75, 3.05) is 39.0 Å². The molecule has 5 aromatic rings. The monoisotopic (exact) mass is 594 g/mol. The van der Waals surface area contributed by atoms with Gasteiger partial charge in [-0.15, -0.1) is 0 Å². The second kappa shape index (κ2) is 15.2. The van der Waals surface area contributed by atoms with Crippen LogP contribution in [0.4, 0.5) is 10.1 Å². The fourth-order valence-electron chi connectivity index (χ4n) is 4.98. The molecule has 0 saturated carbocycles. The fourth-order valence-corrected chi connectivity index (χ4v) is 4.98. The van der Waals surface area contributed by atoms with Crippen molar-refractivity contribution in [2.45, 2.75) is 34.2 Å². The summed E-state index contributed by atoms with van der Waals surface area (Å²) in [5, 5.41) is 15.2. The SMILES string of the molecule is C=C/C=C(/c1cc(F)cc(NCCN(C)C)c1)c1cc(-c2[nH]nc3ncc(-c4cncc(CNCC)c4)cc23)[nH]c1C.CC. The van der Waals surface area contributed by atoms with Gasteiger partial charge in [0.05, 0.1) is 11.4 Å². The molecule has 0 radical (unpaired) electrons. The Bertz CT molecular complexity index is 1730. The number of hydrogen-bond donors (Lipinski definition) is 4. The summed E-state index contributed by atoms with van der Waals surface area (Å²) in [6.45, 7) is 15.2. The van der Waals surface area contributed by atoms with Crippen LogP contribution in [-0.4, -0.2) is 63.8 Å². The van der Waals surface area contributed by atoms with E-state index in [0.29, 0.717) is 12.2 Å². The Morgan fingerprint density at radius 1 is 1.05 bits per heavy atom. The number of allylic oxidation sites excluding steroid dienone is 2. The minimum absolute atomic E-state index is 0.301. The number of nitrogens with zero attached hydrogens (tertiary/aromatic N) is 4. The Kier molecular flexibility index (Phi) is 11.2. The quantitative estimate of drug-likeness (QED) is 0.114. The third-order valence-corrected chi connectivity index (χ3v) is 7.07. The Morgan fingerprint density at radius 2 is 1.84 bits per heavy atom. The molecule has 8 nitrogen and oxygen atoms in total. The van der Waals surface area contributed by atoms with E-state index in [1.807, 2.05) is 65.6 Å². The van der Waals surface area contributed by atoms with Gasteiger partial charge < -0.3 is 20.5 Å². The zero-order chi connectivity index (χ0) is 31.6. The van der Waals surface area contributed by atoms with E-state index in [1.54, 1.807) is 12.1 Å². The molecule has 1 aromatic carbocycles. The molecule has 0 spiro atoms. The van der Waals surface area contributed by atoms with Gasteiger partial charge in [-0.05, 0) is 80.7 Å². The largest absolute Gasteiger partial charge is 0.384 e. The third-order valence-electron chi connectivity index (χ3n) is 7.07. The maximum absolute atomic E-state index is 14.8. The molecule has 4 aromatic heterocycles. The number of rotatable bonds is 12. The maximum atomic E-state index is 14.8. The van der Waals surface area contributed by atoms with Crippen molar-refractivity contribution in [3.05, 3.63) is 102 Å². The lowest BCUT2D eigenvalue weighted by molar-refractivity contribution is 0.425. The van der Waals surface area contributed by atoms with E-state index in [2.05, 4.69) is 72.4 Å². The van der Waals surface area contributed by atoms with Crippen LogP contribution in [0.25, 0.3) is 39.1 Å². The predicted octanol–water partition coefficient (Wildman–Crippen LogP) is 7.19. The molecule has 0 aliphatic heterocycles. The summed E-state index contributed by atoms with van der Waals surface area (Å²) in [6.07, 6.45) is 9.19. The lowest BCUT2D eigenvalue weighted by Crippen LogP contribution is -2.20. The number of nitrogens with one attached hydrogen (secondary N) is 4. The van der Waals surface area contributed by atoms with Gasteiger partial charge in [0, 0.05) is 71.7 Å². The Labute approximate surface area is 259 Å². The number of aryl methyl sites for hydroxylation is 1. The highest BCUT2D eigenvalue weighted by atomic mass is 19.1. The van der Waals surface area contributed by atoms with E-state index < -0.39 is 0 Å². The second-order valence-electron chi connectivity index (χ2n) is 10.6. The van der Waals surface area contributed by atoms with Crippen molar-refractivity contribution in [1.29, 1.82) is 0 Å². The van der Waals surface area contributed by atoms with Crippen LogP contribution >= 0.6 is 0 Å². The molecular weight excluding hydrogens is 551 g/mol. The van der Waals surface area contributed by atoms with Gasteiger partial charge in [-0.25, -0.2) is 9.37 Å². The first-order chi connectivity index (χ1) is 21.4. The zero-order valence-corrected chi connectivity index (χ0v) is 26.6. The molecule has 9 heteroatoms. The Morgan fingerprint density at radius 3 is 2.59 bits per heavy atom. The van der Waals surface area contributed by atoms with Crippen LogP contribution in [0.1, 0.15) is 43.2 Å². The molecule has 0 amide bonds. The minimum atomic E-state index is -0.301. The van der Waals surface area contributed by atoms with Crippen LogP contribution < -0.4 is 10.6 Å². The summed E-state index contributed by atoms with van der Waals surface area (Å²) in [5.74, 6) is -0.301. The van der Waals surface area contributed by atoms with Crippen LogP contribution in [0, 0.1) is 12.7 Å². The Hall–Kier alpha value is -4.60. The van der Waals surface area contributed by atoms with E-state index in [0.717, 1.165) is 81.2 Å². The summed E-state index contributed by atoms with van der Waals surface area (Å²) in [6, 6.07) is 11.3. The van der Waals surface area contributed by atoms with Crippen molar-refractivity contribution >= 4 is 22.3 Å². The van der Waals surface area contributed by atoms with Crippen molar-refractivity contribution in [1.82, 2.24) is 35.4 Å². The molecule has 0 aliphatic rings. The third kappa shape index (κ3) is 7.67. The number of halogens is 1. The average Bonchev–Trinajstić information content (AvgIpc) is 3.62. The van der Waals surface area contributed by atoms with Gasteiger partial charge in [0.2, 0.25) is 0 Å². The average molecular weight is 595 g/mol. The van der Waals surface area contributed by atoms with Crippen molar-refractivity contribution in [3.63, 3.8) is 0 Å². The number of pyridine rings is 2. The first kappa shape index (κ1) is 32.3. The lowest BCUT2D eigenvalue weighted by Gasteiger charge is -2.14. The van der Waals surface area contributed by atoms with Gasteiger partial charge in [0.25, 0.3) is 0 Å². The number of H-pyrrole nitrogens is 2. The second-order valence-corrected chi connectivity index (χ2v) is 10.6. The van der Waals surface area contributed by atoms with Crippen LogP contribution in [0.5, 0.6) is 0 Å². The number of anilines is 1. The van der Waals surface area contributed by atoms with E-state index in [9.17, 15) is 4.39 Å². The summed E-state index contributed by atoms with van der Waals surface area (Å²) in [5.41, 5.74) is 9.63. The number of likely N-dealkylation sites (N-methyl/N-ethyl adjacent to an activating group) is 1. The lowest BCUT2D eigenvalue weighted by atomic mass is 9.96. The first-order valence-corrected chi connectivity index (χ1v) is 15.1. The highest BCUT2D eigenvalue weighted by Gasteiger charge is 2.17. The van der Waals surface area contributed by atoms with Crippen LogP contribution in [0.2, 0.25) is 0 Å². The molecule has 0 bridgehead atoms. The van der Waals surface area contributed by atoms with Crippen molar-refractivity contribution in [2.24, 2.45) is 0 Å². The Balaban J connectivity index is 0.00000216. The molecule has 0 unspecified atom stereocenters. The van der Waals surface area contributed by atoms with E-state index in [-0.39, 0.29) is 5.82 Å².